The van der Waals surface area contributed by atoms with Crippen LogP contribution in [0, 0.1) is 57.7 Å². The van der Waals surface area contributed by atoms with Gasteiger partial charge in [-0.25, -0.2) is 0 Å². The van der Waals surface area contributed by atoms with Gasteiger partial charge in [0.1, 0.15) is 5.60 Å². The number of ketones is 1. The van der Waals surface area contributed by atoms with Crippen LogP contribution < -0.4 is 16.4 Å². The highest BCUT2D eigenvalue weighted by Crippen LogP contribution is 2.79. The van der Waals surface area contributed by atoms with Crippen LogP contribution in [0.25, 0.3) is 0 Å². The van der Waals surface area contributed by atoms with Crippen molar-refractivity contribution in [2.45, 2.75) is 221 Å². The van der Waals surface area contributed by atoms with Gasteiger partial charge < -0.3 is 67.1 Å². The monoisotopic (exact) mass is 978 g/mol. The van der Waals surface area contributed by atoms with Gasteiger partial charge in [-0.15, -0.1) is 0 Å². The van der Waals surface area contributed by atoms with Gasteiger partial charge in [0.25, 0.3) is 0 Å². The minimum atomic E-state index is -1.89. The lowest BCUT2D eigenvalue weighted by Gasteiger charge is -2.71. The molecular formula is C56H87N3O11. The van der Waals surface area contributed by atoms with Crippen LogP contribution in [0.1, 0.15) is 156 Å². The Kier molecular flexibility index (Phi) is 13.8. The molecule has 20 atom stereocenters. The number of fused-ring (bicyclic) bond motifs is 5. The van der Waals surface area contributed by atoms with Gasteiger partial charge in [-0.1, -0.05) is 57.3 Å². The van der Waals surface area contributed by atoms with Crippen molar-refractivity contribution in [2.24, 2.45) is 63.4 Å². The van der Waals surface area contributed by atoms with E-state index in [1.165, 1.54) is 0 Å². The first-order valence-corrected chi connectivity index (χ1v) is 27.8. The molecule has 2 heterocycles. The molecule has 14 heteroatoms. The van der Waals surface area contributed by atoms with E-state index in [1.807, 2.05) is 18.2 Å². The summed E-state index contributed by atoms with van der Waals surface area (Å²) in [6.07, 6.45) is 13.3. The maximum absolute atomic E-state index is 15.9. The number of carbonyl (C=O) groups excluding carboxylic acids is 1. The van der Waals surface area contributed by atoms with E-state index in [0.717, 1.165) is 75.5 Å². The van der Waals surface area contributed by atoms with E-state index in [-0.39, 0.29) is 92.9 Å². The second-order valence-electron chi connectivity index (χ2n) is 24.8. The molecule has 0 aromatic carbocycles. The number of ether oxygens (including phenoxy) is 1. The quantitative estimate of drug-likeness (QED) is 0.123. The first-order valence-electron chi connectivity index (χ1n) is 27.8. The van der Waals surface area contributed by atoms with E-state index in [0.29, 0.717) is 43.6 Å². The Hall–Kier alpha value is -2.21. The SMILES string of the molecule is CCCC1CCC2OC3C(C(O)CCCC3(O)C(C)(O)C3CCC4(O)C5=C(NCC(C)O)C(=O)C6CC(O)C(O)CC67CC(C6=C(CCCO)NC(N)C=C6)C=CC57C(O)CC34C3CCCC3)C2CC1. The maximum Gasteiger partial charge on any atom is 0.182 e. The minimum absolute atomic E-state index is 0.0163. The van der Waals surface area contributed by atoms with Gasteiger partial charge >= 0.3 is 0 Å². The molecular weight excluding hydrogens is 891 g/mol. The van der Waals surface area contributed by atoms with Crippen LogP contribution >= 0.6 is 0 Å². The summed E-state index contributed by atoms with van der Waals surface area (Å²) in [5, 5.41) is 119. The van der Waals surface area contributed by atoms with E-state index in [9.17, 15) is 46.0 Å². The topological polar surface area (TPSA) is 258 Å². The average Bonchev–Trinajstić information content (AvgIpc) is 4.01. The van der Waals surface area contributed by atoms with Gasteiger partial charge in [0, 0.05) is 53.0 Å². The molecule has 2 spiro atoms. The first kappa shape index (κ1) is 51.3. The zero-order chi connectivity index (χ0) is 49.8. The number of allylic oxidation sites excluding steroid dienone is 5. The molecule has 20 unspecified atom stereocenters. The number of aliphatic hydroxyl groups excluding tert-OH is 6. The van der Waals surface area contributed by atoms with Crippen molar-refractivity contribution in [3.63, 3.8) is 0 Å². The number of dihydropyridines is 1. The Morgan fingerprint density at radius 2 is 1.70 bits per heavy atom. The number of rotatable bonds is 12. The molecule has 7 fully saturated rings. The summed E-state index contributed by atoms with van der Waals surface area (Å²) >= 11 is 0. The lowest BCUT2D eigenvalue weighted by atomic mass is 9.33. The van der Waals surface area contributed by atoms with E-state index >= 15 is 4.79 Å². The van der Waals surface area contributed by atoms with Crippen LogP contribution in [-0.4, -0.2) is 131 Å². The lowest BCUT2D eigenvalue weighted by molar-refractivity contribution is -0.274. The van der Waals surface area contributed by atoms with Crippen LogP contribution in [0.3, 0.4) is 0 Å². The first-order chi connectivity index (χ1) is 33.3. The smallest absolute Gasteiger partial charge is 0.182 e. The highest BCUT2D eigenvalue weighted by molar-refractivity contribution is 6.00. The largest absolute Gasteiger partial charge is 0.396 e. The molecule has 6 saturated carbocycles. The van der Waals surface area contributed by atoms with Crippen molar-refractivity contribution in [3.8, 4) is 0 Å². The molecule has 0 bridgehead atoms. The number of aliphatic hydroxyl groups is 9. The van der Waals surface area contributed by atoms with Gasteiger partial charge in [-0.05, 0) is 157 Å². The third-order valence-electron chi connectivity index (χ3n) is 21.5. The Labute approximate surface area is 415 Å². The van der Waals surface area contributed by atoms with Crippen LogP contribution in [0.2, 0.25) is 0 Å². The fourth-order valence-corrected chi connectivity index (χ4v) is 18.6. The third-order valence-corrected chi connectivity index (χ3v) is 21.5. The molecule has 10 aliphatic rings. The van der Waals surface area contributed by atoms with Crippen molar-refractivity contribution in [3.05, 3.63) is 46.8 Å². The molecule has 13 N–H and O–H groups in total. The Morgan fingerprint density at radius 1 is 0.943 bits per heavy atom. The Balaban J connectivity index is 1.14. The summed E-state index contributed by atoms with van der Waals surface area (Å²) in [4.78, 5) is 15.9. The highest BCUT2D eigenvalue weighted by atomic mass is 16.5. The molecule has 10 rings (SSSR count). The fraction of sp³-hybridized carbons (Fsp3) is 0.839. The molecule has 0 aromatic heterocycles. The number of nitrogens with one attached hydrogen (secondary N) is 2. The molecule has 392 valence electrons. The molecule has 0 amide bonds. The number of nitrogens with two attached hydrogens (primary N) is 1. The van der Waals surface area contributed by atoms with E-state index < -0.39 is 87.7 Å². The summed E-state index contributed by atoms with van der Waals surface area (Å²) in [7, 11) is 0. The molecule has 0 radical (unpaired) electrons. The van der Waals surface area contributed by atoms with Gasteiger partial charge in [0.05, 0.1) is 65.8 Å². The summed E-state index contributed by atoms with van der Waals surface area (Å²) in [6.45, 7) is 5.53. The molecule has 70 heavy (non-hydrogen) atoms. The fourth-order valence-electron chi connectivity index (χ4n) is 18.6. The second-order valence-corrected chi connectivity index (χ2v) is 24.8. The predicted octanol–water partition coefficient (Wildman–Crippen LogP) is 4.04. The van der Waals surface area contributed by atoms with Crippen molar-refractivity contribution in [1.29, 1.82) is 0 Å². The van der Waals surface area contributed by atoms with Gasteiger partial charge in [0.2, 0.25) is 0 Å². The minimum Gasteiger partial charge on any atom is -0.396 e. The molecule has 8 aliphatic carbocycles. The number of hydrogen-bond donors (Lipinski definition) is 12. The molecule has 0 aromatic rings. The number of carbonyl (C=O) groups is 1. The summed E-state index contributed by atoms with van der Waals surface area (Å²) in [5.41, 5.74) is -0.810. The molecule has 14 nitrogen and oxygen atoms in total. The van der Waals surface area contributed by atoms with Gasteiger partial charge in [-0.3, -0.25) is 4.79 Å². The van der Waals surface area contributed by atoms with Crippen molar-refractivity contribution in [2.75, 3.05) is 13.2 Å². The Morgan fingerprint density at radius 3 is 2.43 bits per heavy atom. The van der Waals surface area contributed by atoms with E-state index in [1.54, 1.807) is 13.8 Å². The zero-order valence-electron chi connectivity index (χ0n) is 42.2. The summed E-state index contributed by atoms with van der Waals surface area (Å²) in [5.74, 6) is -2.28. The number of hydrogen-bond acceptors (Lipinski definition) is 14. The van der Waals surface area contributed by atoms with E-state index in [4.69, 9.17) is 10.5 Å². The normalized spacial score (nSPS) is 48.3. The maximum atomic E-state index is 15.9. The third kappa shape index (κ3) is 7.43. The zero-order valence-corrected chi connectivity index (χ0v) is 42.2. The predicted molar refractivity (Wildman–Crippen MR) is 263 cm³/mol. The van der Waals surface area contributed by atoms with Crippen LogP contribution in [0.4, 0.5) is 0 Å². The van der Waals surface area contributed by atoms with Crippen LogP contribution in [-0.2, 0) is 9.53 Å². The van der Waals surface area contributed by atoms with Crippen molar-refractivity contribution >= 4 is 5.78 Å². The van der Waals surface area contributed by atoms with E-state index in [2.05, 4.69) is 23.6 Å². The standard InChI is InChI=1S/C56H87N3O11/c1-4-9-32-14-16-36-42(18-15-32)70-50-46(36)39(62)13-7-22-56(50,69)51(3,67)43-21-24-55(68)49-47(58-30-31(2)61)48(66)37-26-40(63)41(64)28-52(37)27-33(35-17-19-45(57)59-38(35)12-8-25-60)20-23-53(49,52)44(65)29-54(43,55)34-10-5-6-11-34/h17,19-20,23,31-34,36-37,39-46,50,58-65,67-69H,4-16,18,21-22,24-30,57H2,1-3H3. The average molecular weight is 978 g/mol. The van der Waals surface area contributed by atoms with Crippen molar-refractivity contribution < 1.29 is 55.5 Å². The van der Waals surface area contributed by atoms with Crippen LogP contribution in [0.15, 0.2) is 46.8 Å². The second kappa shape index (κ2) is 18.9. The molecule has 1 saturated heterocycles. The summed E-state index contributed by atoms with van der Waals surface area (Å²) < 4.78 is 7.09. The number of Topliss-reactive ketones (excluding diaryl/α,β-unsaturated/α-hetero) is 1. The van der Waals surface area contributed by atoms with Crippen LogP contribution in [0.5, 0.6) is 0 Å². The van der Waals surface area contributed by atoms with Gasteiger partial charge in [0.15, 0.2) is 5.78 Å². The molecule has 2 aliphatic heterocycles. The van der Waals surface area contributed by atoms with Gasteiger partial charge in [-0.2, -0.15) is 0 Å². The highest BCUT2D eigenvalue weighted by Gasteiger charge is 2.82. The van der Waals surface area contributed by atoms with Crippen molar-refractivity contribution in [1.82, 2.24) is 10.6 Å². The lowest BCUT2D eigenvalue weighted by Crippen LogP contribution is -2.76. The Bertz CT molecular complexity index is 2100. The summed E-state index contributed by atoms with van der Waals surface area (Å²) in [6, 6.07) is 0.